The number of sulfonamides is 1. The third kappa shape index (κ3) is 5.30. The molecule has 28 heavy (non-hydrogen) atoms. The van der Waals surface area contributed by atoms with Crippen molar-refractivity contribution >= 4 is 32.4 Å². The van der Waals surface area contributed by atoms with E-state index in [0.29, 0.717) is 17.1 Å². The summed E-state index contributed by atoms with van der Waals surface area (Å²) in [6, 6.07) is 2.27. The van der Waals surface area contributed by atoms with Crippen molar-refractivity contribution in [1.29, 1.82) is 0 Å². The van der Waals surface area contributed by atoms with Crippen LogP contribution in [0.3, 0.4) is 0 Å². The molecule has 0 bridgehead atoms. The van der Waals surface area contributed by atoms with Crippen LogP contribution in [-0.4, -0.2) is 31.1 Å². The van der Waals surface area contributed by atoms with Gasteiger partial charge in [0.15, 0.2) is 11.6 Å². The lowest BCUT2D eigenvalue weighted by Crippen LogP contribution is -2.28. The van der Waals surface area contributed by atoms with Crippen molar-refractivity contribution in [3.63, 3.8) is 0 Å². The van der Waals surface area contributed by atoms with Gasteiger partial charge >= 0.3 is 0 Å². The average molecular weight is 431 g/mol. The van der Waals surface area contributed by atoms with Crippen LogP contribution >= 0.6 is 11.3 Å². The maximum atomic E-state index is 13.2. The number of hydrogen-bond donors (Lipinski definition) is 2. The SMILES string of the molecule is O=C(CCNS(=O)(=O)c1ccc(F)c(F)c1)Nc1nnc(C2CCCCC2)s1. The molecule has 0 aliphatic heterocycles. The first-order valence-electron chi connectivity index (χ1n) is 8.93. The van der Waals surface area contributed by atoms with Crippen molar-refractivity contribution in [1.82, 2.24) is 14.9 Å². The van der Waals surface area contributed by atoms with Crippen molar-refractivity contribution < 1.29 is 22.0 Å². The fourth-order valence-corrected chi connectivity index (χ4v) is 4.98. The number of aromatic nitrogens is 2. The van der Waals surface area contributed by atoms with Crippen LogP contribution in [0.25, 0.3) is 0 Å². The Kier molecular flexibility index (Phi) is 6.68. The van der Waals surface area contributed by atoms with E-state index in [9.17, 15) is 22.0 Å². The molecule has 11 heteroatoms. The fraction of sp³-hybridized carbons (Fsp3) is 0.471. The zero-order valence-electron chi connectivity index (χ0n) is 15.0. The van der Waals surface area contributed by atoms with E-state index in [0.717, 1.165) is 30.0 Å². The minimum atomic E-state index is -4.04. The molecule has 152 valence electrons. The zero-order chi connectivity index (χ0) is 20.1. The third-order valence-electron chi connectivity index (χ3n) is 4.49. The first kappa shape index (κ1) is 20.7. The predicted molar refractivity (Wildman–Crippen MR) is 101 cm³/mol. The van der Waals surface area contributed by atoms with Gasteiger partial charge in [0, 0.05) is 18.9 Å². The Morgan fingerprint density at radius 3 is 2.61 bits per heavy atom. The minimum absolute atomic E-state index is 0.138. The van der Waals surface area contributed by atoms with E-state index < -0.39 is 32.5 Å². The smallest absolute Gasteiger partial charge is 0.240 e. The van der Waals surface area contributed by atoms with Crippen LogP contribution in [-0.2, 0) is 14.8 Å². The quantitative estimate of drug-likeness (QED) is 0.703. The summed E-state index contributed by atoms with van der Waals surface area (Å²) in [4.78, 5) is 11.6. The van der Waals surface area contributed by atoms with E-state index >= 15 is 0 Å². The second-order valence-electron chi connectivity index (χ2n) is 6.55. The summed E-state index contributed by atoms with van der Waals surface area (Å²) in [5.74, 6) is -2.42. The molecule has 0 radical (unpaired) electrons. The first-order chi connectivity index (χ1) is 13.3. The number of rotatable bonds is 7. The highest BCUT2D eigenvalue weighted by atomic mass is 32.2. The van der Waals surface area contributed by atoms with E-state index in [1.54, 1.807) is 0 Å². The van der Waals surface area contributed by atoms with Crippen LogP contribution in [0.1, 0.15) is 49.5 Å². The van der Waals surface area contributed by atoms with Gasteiger partial charge in [0.2, 0.25) is 21.1 Å². The number of halogens is 2. The number of anilines is 1. The van der Waals surface area contributed by atoms with Gasteiger partial charge in [-0.1, -0.05) is 30.6 Å². The molecule has 1 aromatic heterocycles. The molecule has 0 atom stereocenters. The lowest BCUT2D eigenvalue weighted by Gasteiger charge is -2.18. The second kappa shape index (κ2) is 9.01. The van der Waals surface area contributed by atoms with Gasteiger partial charge < -0.3 is 5.32 Å². The third-order valence-corrected chi connectivity index (χ3v) is 6.95. The number of carbonyl (C=O) groups excluding carboxylic acids is 1. The monoisotopic (exact) mass is 430 g/mol. The zero-order valence-corrected chi connectivity index (χ0v) is 16.6. The lowest BCUT2D eigenvalue weighted by atomic mass is 9.90. The van der Waals surface area contributed by atoms with Crippen LogP contribution in [0.2, 0.25) is 0 Å². The highest BCUT2D eigenvalue weighted by Gasteiger charge is 2.20. The molecule has 0 spiro atoms. The van der Waals surface area contributed by atoms with Crippen molar-refractivity contribution in [3.05, 3.63) is 34.8 Å². The standard InChI is InChI=1S/C17H20F2N4O3S2/c18-13-7-6-12(10-14(13)19)28(25,26)20-9-8-15(24)21-17-23-22-16(27-17)11-4-2-1-3-5-11/h6-7,10-11,20H,1-5,8-9H2,(H,21,23,24). The van der Waals surface area contributed by atoms with E-state index in [-0.39, 0.29) is 13.0 Å². The summed E-state index contributed by atoms with van der Waals surface area (Å²) in [5, 5.41) is 12.0. The maximum absolute atomic E-state index is 13.2. The first-order valence-corrected chi connectivity index (χ1v) is 11.2. The number of nitrogens with zero attached hydrogens (tertiary/aromatic N) is 2. The lowest BCUT2D eigenvalue weighted by molar-refractivity contribution is -0.116. The molecule has 1 heterocycles. The van der Waals surface area contributed by atoms with Crippen molar-refractivity contribution in [2.75, 3.05) is 11.9 Å². The normalized spacial score (nSPS) is 15.5. The van der Waals surface area contributed by atoms with Gasteiger partial charge in [-0.25, -0.2) is 21.9 Å². The molecular formula is C17H20F2N4O3S2. The fourth-order valence-electron chi connectivity index (χ4n) is 3.01. The maximum Gasteiger partial charge on any atom is 0.240 e. The average Bonchev–Trinajstić information content (AvgIpc) is 3.13. The molecule has 1 saturated carbocycles. The Morgan fingerprint density at radius 2 is 1.89 bits per heavy atom. The number of hydrogen-bond acceptors (Lipinski definition) is 6. The molecule has 7 nitrogen and oxygen atoms in total. The largest absolute Gasteiger partial charge is 0.300 e. The summed E-state index contributed by atoms with van der Waals surface area (Å²) < 4.78 is 52.4. The summed E-state index contributed by atoms with van der Waals surface area (Å²) in [7, 11) is -4.04. The highest BCUT2D eigenvalue weighted by molar-refractivity contribution is 7.89. The number of nitrogens with one attached hydrogen (secondary N) is 2. The molecule has 3 rings (SSSR count). The summed E-state index contributed by atoms with van der Waals surface area (Å²) in [5.41, 5.74) is 0. The molecule has 1 aliphatic carbocycles. The molecule has 1 amide bonds. The van der Waals surface area contributed by atoms with Gasteiger partial charge in [-0.2, -0.15) is 0 Å². The topological polar surface area (TPSA) is 101 Å². The van der Waals surface area contributed by atoms with Crippen LogP contribution < -0.4 is 10.0 Å². The van der Waals surface area contributed by atoms with Gasteiger partial charge in [0.1, 0.15) is 5.01 Å². The highest BCUT2D eigenvalue weighted by Crippen LogP contribution is 2.35. The van der Waals surface area contributed by atoms with Crippen molar-refractivity contribution in [3.8, 4) is 0 Å². The Labute approximate surface area is 165 Å². The van der Waals surface area contributed by atoms with E-state index in [1.165, 1.54) is 30.6 Å². The van der Waals surface area contributed by atoms with Crippen LogP contribution in [0.4, 0.5) is 13.9 Å². The van der Waals surface area contributed by atoms with E-state index in [4.69, 9.17) is 0 Å². The Bertz CT molecular complexity index is 944. The van der Waals surface area contributed by atoms with E-state index in [1.807, 2.05) is 0 Å². The Morgan fingerprint density at radius 1 is 1.14 bits per heavy atom. The molecule has 2 aromatic rings. The van der Waals surface area contributed by atoms with Crippen LogP contribution in [0, 0.1) is 11.6 Å². The van der Waals surface area contributed by atoms with Gasteiger partial charge in [0.05, 0.1) is 4.90 Å². The van der Waals surface area contributed by atoms with Gasteiger partial charge in [-0.3, -0.25) is 4.79 Å². The summed E-state index contributed by atoms with van der Waals surface area (Å²) in [6.07, 6.45) is 5.59. The number of carbonyl (C=O) groups is 1. The molecule has 2 N–H and O–H groups in total. The van der Waals surface area contributed by atoms with Crippen LogP contribution in [0.5, 0.6) is 0 Å². The van der Waals surface area contributed by atoms with Gasteiger partial charge in [-0.15, -0.1) is 10.2 Å². The molecule has 1 aromatic carbocycles. The molecule has 1 aliphatic rings. The molecule has 0 unspecified atom stereocenters. The van der Waals surface area contributed by atoms with Gasteiger partial charge in [0.25, 0.3) is 0 Å². The van der Waals surface area contributed by atoms with E-state index in [2.05, 4.69) is 20.2 Å². The van der Waals surface area contributed by atoms with Gasteiger partial charge in [-0.05, 0) is 31.0 Å². The predicted octanol–water partition coefficient (Wildman–Crippen LogP) is 3.17. The molecule has 1 fully saturated rings. The Balaban J connectivity index is 1.49. The van der Waals surface area contributed by atoms with Crippen molar-refractivity contribution in [2.45, 2.75) is 49.3 Å². The summed E-state index contributed by atoms with van der Waals surface area (Å²) >= 11 is 1.34. The minimum Gasteiger partial charge on any atom is -0.300 e. The number of benzene rings is 1. The second-order valence-corrected chi connectivity index (χ2v) is 9.33. The number of amides is 1. The summed E-state index contributed by atoms with van der Waals surface area (Å²) in [6.45, 7) is -0.193. The molecule has 0 saturated heterocycles. The Hall–Kier alpha value is -1.98. The van der Waals surface area contributed by atoms with Crippen molar-refractivity contribution in [2.24, 2.45) is 0 Å². The van der Waals surface area contributed by atoms with Crippen LogP contribution in [0.15, 0.2) is 23.1 Å². The molecular weight excluding hydrogens is 410 g/mol.